The van der Waals surface area contributed by atoms with Crippen LogP contribution in [0.5, 0.6) is 0 Å². The molecule has 6 heteroatoms. The minimum Gasteiger partial charge on any atom is -0.598 e. The number of ether oxygens (including phenoxy) is 1. The van der Waals surface area contributed by atoms with Gasteiger partial charge in [0.05, 0.1) is 18.9 Å². The predicted octanol–water partition coefficient (Wildman–Crippen LogP) is 2.12. The summed E-state index contributed by atoms with van der Waals surface area (Å²) in [6.07, 6.45) is 0. The third-order valence-electron chi connectivity index (χ3n) is 2.75. The van der Waals surface area contributed by atoms with Gasteiger partial charge < -0.3 is 9.29 Å². The third kappa shape index (κ3) is 2.88. The van der Waals surface area contributed by atoms with Crippen molar-refractivity contribution in [3.8, 4) is 0 Å². The Kier molecular flexibility index (Phi) is 4.04. The van der Waals surface area contributed by atoms with Gasteiger partial charge in [-0.3, -0.25) is 0 Å². The molecule has 1 unspecified atom stereocenters. The van der Waals surface area contributed by atoms with E-state index in [4.69, 9.17) is 4.74 Å². The molecule has 0 radical (unpaired) electrons. The topological polar surface area (TPSA) is 57.2 Å². The lowest BCUT2D eigenvalue weighted by Crippen LogP contribution is -2.62. The van der Waals surface area contributed by atoms with Gasteiger partial charge in [-0.2, -0.15) is 0 Å². The number of hydrogen-bond donors (Lipinski definition) is 1. The SMILES string of the molecule is CC(C)(C)[S+]([O-])NC1(c2cccc(Br)n2)COC1. The summed E-state index contributed by atoms with van der Waals surface area (Å²) < 4.78 is 21.2. The van der Waals surface area contributed by atoms with Crippen molar-refractivity contribution in [3.63, 3.8) is 0 Å². The van der Waals surface area contributed by atoms with Crippen molar-refractivity contribution in [2.24, 2.45) is 0 Å². The molecule has 100 valence electrons. The van der Waals surface area contributed by atoms with E-state index in [1.54, 1.807) is 0 Å². The minimum atomic E-state index is -1.15. The van der Waals surface area contributed by atoms with Crippen LogP contribution in [0.4, 0.5) is 0 Å². The van der Waals surface area contributed by atoms with Crippen LogP contribution in [0.1, 0.15) is 26.5 Å². The standard InChI is InChI=1S/C12H17BrN2O2S/c1-11(2,3)18(16)15-12(7-17-8-12)9-5-4-6-10(13)14-9/h4-6,15H,7-8H2,1-3H3. The summed E-state index contributed by atoms with van der Waals surface area (Å²) >= 11 is 2.21. The van der Waals surface area contributed by atoms with Crippen LogP contribution >= 0.6 is 15.9 Å². The number of halogens is 1. The van der Waals surface area contributed by atoms with Gasteiger partial charge in [-0.15, -0.1) is 4.72 Å². The lowest BCUT2D eigenvalue weighted by atomic mass is 9.94. The summed E-state index contributed by atoms with van der Waals surface area (Å²) in [6.45, 7) is 6.82. The van der Waals surface area contributed by atoms with Crippen LogP contribution in [-0.2, 0) is 21.6 Å². The van der Waals surface area contributed by atoms with E-state index in [1.165, 1.54) is 0 Å². The van der Waals surface area contributed by atoms with Crippen molar-refractivity contribution >= 4 is 27.3 Å². The number of pyridine rings is 1. The van der Waals surface area contributed by atoms with Gasteiger partial charge in [-0.25, -0.2) is 4.98 Å². The second kappa shape index (κ2) is 5.09. The Morgan fingerprint density at radius 3 is 2.56 bits per heavy atom. The molecule has 1 saturated heterocycles. The van der Waals surface area contributed by atoms with Crippen LogP contribution in [0, 0.1) is 0 Å². The average Bonchev–Trinajstić information content (AvgIpc) is 2.21. The highest BCUT2D eigenvalue weighted by atomic mass is 79.9. The van der Waals surface area contributed by atoms with E-state index in [2.05, 4.69) is 25.6 Å². The normalized spacial score (nSPS) is 20.3. The molecular formula is C12H17BrN2O2S. The lowest BCUT2D eigenvalue weighted by molar-refractivity contribution is -0.0688. The molecule has 1 atom stereocenters. The first-order valence-electron chi connectivity index (χ1n) is 5.74. The maximum absolute atomic E-state index is 12.2. The average molecular weight is 333 g/mol. The molecule has 1 aromatic heterocycles. The molecule has 2 heterocycles. The first kappa shape index (κ1) is 14.3. The fourth-order valence-corrected chi connectivity index (χ4v) is 2.80. The Morgan fingerprint density at radius 1 is 1.44 bits per heavy atom. The molecule has 1 fully saturated rings. The van der Waals surface area contributed by atoms with E-state index in [0.717, 1.165) is 10.3 Å². The van der Waals surface area contributed by atoms with Gasteiger partial charge >= 0.3 is 0 Å². The number of hydrogen-bond acceptors (Lipinski definition) is 4. The molecule has 1 N–H and O–H groups in total. The molecule has 0 saturated carbocycles. The summed E-state index contributed by atoms with van der Waals surface area (Å²) in [5.74, 6) is 0. The van der Waals surface area contributed by atoms with Gasteiger partial charge in [0.2, 0.25) is 0 Å². The van der Waals surface area contributed by atoms with Gasteiger partial charge in [0.15, 0.2) is 5.54 Å². The van der Waals surface area contributed by atoms with Crippen molar-refractivity contribution in [1.82, 2.24) is 9.71 Å². The zero-order valence-corrected chi connectivity index (χ0v) is 13.1. The van der Waals surface area contributed by atoms with Gasteiger partial charge in [-0.1, -0.05) is 6.07 Å². The monoisotopic (exact) mass is 332 g/mol. The third-order valence-corrected chi connectivity index (χ3v) is 4.88. The van der Waals surface area contributed by atoms with E-state index in [-0.39, 0.29) is 4.75 Å². The summed E-state index contributed by atoms with van der Waals surface area (Å²) in [5, 5.41) is 0. The lowest BCUT2D eigenvalue weighted by Gasteiger charge is -2.42. The Hall–Kier alpha value is -0.140. The number of rotatable bonds is 3. The van der Waals surface area contributed by atoms with Crippen LogP contribution in [-0.4, -0.2) is 27.5 Å². The second-order valence-electron chi connectivity index (χ2n) is 5.40. The van der Waals surface area contributed by atoms with E-state index in [9.17, 15) is 4.55 Å². The second-order valence-corrected chi connectivity index (χ2v) is 8.18. The molecule has 0 bridgehead atoms. The molecule has 4 nitrogen and oxygen atoms in total. The molecular weight excluding hydrogens is 316 g/mol. The maximum Gasteiger partial charge on any atom is 0.151 e. The van der Waals surface area contributed by atoms with E-state index < -0.39 is 16.9 Å². The molecule has 0 spiro atoms. The highest BCUT2D eigenvalue weighted by Crippen LogP contribution is 2.31. The number of nitrogens with one attached hydrogen (secondary N) is 1. The fraction of sp³-hybridized carbons (Fsp3) is 0.583. The number of aromatic nitrogens is 1. The number of nitrogens with zero attached hydrogens (tertiary/aromatic N) is 1. The fourth-order valence-electron chi connectivity index (χ4n) is 1.57. The van der Waals surface area contributed by atoms with Crippen LogP contribution < -0.4 is 4.72 Å². The summed E-state index contributed by atoms with van der Waals surface area (Å²) in [5.41, 5.74) is 0.433. The van der Waals surface area contributed by atoms with Gasteiger partial charge in [0.1, 0.15) is 9.35 Å². The highest BCUT2D eigenvalue weighted by Gasteiger charge is 2.47. The Balaban J connectivity index is 2.21. The molecule has 18 heavy (non-hydrogen) atoms. The van der Waals surface area contributed by atoms with Crippen LogP contribution in [0.25, 0.3) is 0 Å². The highest BCUT2D eigenvalue weighted by molar-refractivity contribution is 9.10. The molecule has 0 aliphatic carbocycles. The van der Waals surface area contributed by atoms with Crippen molar-refractivity contribution in [2.75, 3.05) is 13.2 Å². The molecule has 0 aromatic carbocycles. The van der Waals surface area contributed by atoms with Crippen LogP contribution in [0.15, 0.2) is 22.8 Å². The first-order valence-corrected chi connectivity index (χ1v) is 7.68. The van der Waals surface area contributed by atoms with Crippen molar-refractivity contribution < 1.29 is 9.29 Å². The molecule has 2 rings (SSSR count). The van der Waals surface area contributed by atoms with Crippen molar-refractivity contribution in [1.29, 1.82) is 0 Å². The van der Waals surface area contributed by atoms with Gasteiger partial charge in [-0.05, 0) is 48.8 Å². The predicted molar refractivity (Wildman–Crippen MR) is 75.5 cm³/mol. The summed E-state index contributed by atoms with van der Waals surface area (Å²) in [7, 11) is 0. The zero-order valence-electron chi connectivity index (χ0n) is 10.7. The quantitative estimate of drug-likeness (QED) is 0.680. The van der Waals surface area contributed by atoms with Crippen molar-refractivity contribution in [2.45, 2.75) is 31.1 Å². The molecule has 0 amide bonds. The Bertz CT molecular complexity index is 432. The van der Waals surface area contributed by atoms with E-state index >= 15 is 0 Å². The molecule has 1 aliphatic rings. The molecule has 1 aliphatic heterocycles. The smallest absolute Gasteiger partial charge is 0.151 e. The zero-order chi connectivity index (χ0) is 13.4. The van der Waals surface area contributed by atoms with Gasteiger partial charge in [0, 0.05) is 11.4 Å². The largest absolute Gasteiger partial charge is 0.598 e. The minimum absolute atomic E-state index is 0.311. The summed E-state index contributed by atoms with van der Waals surface area (Å²) in [4.78, 5) is 4.44. The first-order chi connectivity index (χ1) is 8.33. The summed E-state index contributed by atoms with van der Waals surface area (Å²) in [6, 6.07) is 5.73. The maximum atomic E-state index is 12.2. The molecule has 1 aromatic rings. The van der Waals surface area contributed by atoms with E-state index in [1.807, 2.05) is 39.0 Å². The van der Waals surface area contributed by atoms with Crippen LogP contribution in [0.2, 0.25) is 0 Å². The Labute approximate surface area is 119 Å². The van der Waals surface area contributed by atoms with E-state index in [0.29, 0.717) is 13.2 Å². The Morgan fingerprint density at radius 2 is 2.11 bits per heavy atom. The van der Waals surface area contributed by atoms with Crippen LogP contribution in [0.3, 0.4) is 0 Å². The van der Waals surface area contributed by atoms with Gasteiger partial charge in [0.25, 0.3) is 0 Å². The van der Waals surface area contributed by atoms with Crippen molar-refractivity contribution in [3.05, 3.63) is 28.5 Å².